The lowest BCUT2D eigenvalue weighted by molar-refractivity contribution is -0.696. The van der Waals surface area contributed by atoms with Crippen molar-refractivity contribution in [1.82, 2.24) is 9.29 Å². The van der Waals surface area contributed by atoms with Crippen molar-refractivity contribution in [3.63, 3.8) is 0 Å². The first-order valence-electron chi connectivity index (χ1n) is 9.90. The van der Waals surface area contributed by atoms with Crippen LogP contribution in [0.25, 0.3) is 0 Å². The fraction of sp³-hybridized carbons (Fsp3) is 0.842. The van der Waals surface area contributed by atoms with Crippen molar-refractivity contribution in [2.24, 2.45) is 16.7 Å². The van der Waals surface area contributed by atoms with E-state index in [1.807, 2.05) is 23.3 Å². The van der Waals surface area contributed by atoms with Crippen LogP contribution >= 0.6 is 0 Å². The van der Waals surface area contributed by atoms with E-state index in [-0.39, 0.29) is 11.2 Å². The highest BCUT2D eigenvalue weighted by atomic mass is 32.2. The minimum absolute atomic E-state index is 0.0346. The molecule has 2 aliphatic carbocycles. The highest BCUT2D eigenvalue weighted by Gasteiger charge is 2.64. The Kier molecular flexibility index (Phi) is 5.53. The zero-order valence-electron chi connectivity index (χ0n) is 16.3. The molecule has 2 saturated carbocycles. The van der Waals surface area contributed by atoms with E-state index < -0.39 is 21.5 Å². The maximum Gasteiger partial charge on any atom is 0.243 e. The Balaban J connectivity index is 1.56. The lowest BCUT2D eigenvalue weighted by Gasteiger charge is -2.40. The SMILES string of the molecule is CCCC[n+]1ccn(CCNS(=O)(=O)CC23CCC(CC2O)C3(C)C)c1. The van der Waals surface area contributed by atoms with Gasteiger partial charge in [0, 0.05) is 12.0 Å². The summed E-state index contributed by atoms with van der Waals surface area (Å²) in [5.74, 6) is 0.471. The van der Waals surface area contributed by atoms with Gasteiger partial charge in [-0.3, -0.25) is 0 Å². The second-order valence-corrected chi connectivity index (χ2v) is 10.6. The summed E-state index contributed by atoms with van der Waals surface area (Å²) in [6.07, 6.45) is 10.4. The topological polar surface area (TPSA) is 75.2 Å². The molecule has 2 bridgehead atoms. The van der Waals surface area contributed by atoms with Gasteiger partial charge in [0.25, 0.3) is 0 Å². The van der Waals surface area contributed by atoms with E-state index in [4.69, 9.17) is 0 Å². The molecule has 1 heterocycles. The van der Waals surface area contributed by atoms with Crippen molar-refractivity contribution >= 4 is 10.0 Å². The van der Waals surface area contributed by atoms with Gasteiger partial charge < -0.3 is 5.11 Å². The molecule has 26 heavy (non-hydrogen) atoms. The van der Waals surface area contributed by atoms with E-state index >= 15 is 0 Å². The second kappa shape index (κ2) is 7.24. The zero-order chi connectivity index (χ0) is 19.0. The Hall–Kier alpha value is -0.920. The summed E-state index contributed by atoms with van der Waals surface area (Å²) in [5.41, 5.74) is -0.619. The summed E-state index contributed by atoms with van der Waals surface area (Å²) in [7, 11) is -3.42. The minimum Gasteiger partial charge on any atom is -0.392 e. The first-order valence-corrected chi connectivity index (χ1v) is 11.6. The number of aromatic nitrogens is 2. The molecule has 1 aromatic rings. The van der Waals surface area contributed by atoms with Gasteiger partial charge >= 0.3 is 0 Å². The van der Waals surface area contributed by atoms with E-state index in [0.717, 1.165) is 38.6 Å². The molecule has 2 aliphatic rings. The van der Waals surface area contributed by atoms with Gasteiger partial charge in [0.2, 0.25) is 16.4 Å². The van der Waals surface area contributed by atoms with Crippen LogP contribution in [0.4, 0.5) is 0 Å². The predicted octanol–water partition coefficient (Wildman–Crippen LogP) is 1.68. The summed E-state index contributed by atoms with van der Waals surface area (Å²) >= 11 is 0. The molecule has 0 radical (unpaired) electrons. The normalized spacial score (nSPS) is 30.2. The molecular formula is C19H34N3O3S+. The zero-order valence-corrected chi connectivity index (χ0v) is 17.1. The lowest BCUT2D eigenvalue weighted by Crippen LogP contribution is -2.47. The molecule has 0 spiro atoms. The van der Waals surface area contributed by atoms with Gasteiger partial charge in [-0.1, -0.05) is 27.2 Å². The van der Waals surface area contributed by atoms with Gasteiger partial charge in [-0.25, -0.2) is 22.3 Å². The van der Waals surface area contributed by atoms with Crippen LogP contribution in [0.5, 0.6) is 0 Å². The molecule has 3 unspecified atom stereocenters. The van der Waals surface area contributed by atoms with Crippen molar-refractivity contribution in [2.75, 3.05) is 12.3 Å². The Morgan fingerprint density at radius 3 is 2.77 bits per heavy atom. The third kappa shape index (κ3) is 3.58. The first kappa shape index (κ1) is 19.8. The fourth-order valence-corrected chi connectivity index (χ4v) is 7.03. The van der Waals surface area contributed by atoms with E-state index in [1.165, 1.54) is 0 Å². The van der Waals surface area contributed by atoms with E-state index in [2.05, 4.69) is 30.1 Å². The molecule has 0 saturated heterocycles. The molecule has 7 heteroatoms. The summed E-state index contributed by atoms with van der Waals surface area (Å²) in [4.78, 5) is 0. The standard InChI is InChI=1S/C19H34N3O3S/c1-4-5-9-21-11-12-22(15-21)10-8-20-26(24,25)14-19-7-6-16(13-17(19)23)18(19,2)3/h11-12,15-17,20,23H,4-10,13-14H2,1-3H3/q+1. The van der Waals surface area contributed by atoms with Crippen molar-refractivity contribution in [2.45, 2.75) is 72.1 Å². The number of rotatable bonds is 9. The number of hydrogen-bond donors (Lipinski definition) is 2. The third-order valence-corrected chi connectivity index (χ3v) is 8.58. The van der Waals surface area contributed by atoms with Gasteiger partial charge in [0.05, 0.1) is 18.4 Å². The number of fused-ring (bicyclic) bond motifs is 2. The summed E-state index contributed by atoms with van der Waals surface area (Å²) < 4.78 is 32.3. The van der Waals surface area contributed by atoms with Gasteiger partial charge in [0.1, 0.15) is 18.9 Å². The Labute approximate surface area is 157 Å². The van der Waals surface area contributed by atoms with E-state index in [9.17, 15) is 13.5 Å². The fourth-order valence-electron chi connectivity index (χ4n) is 5.14. The van der Waals surface area contributed by atoms with Crippen LogP contribution in [-0.2, 0) is 23.1 Å². The smallest absolute Gasteiger partial charge is 0.243 e. The molecule has 1 aromatic heterocycles. The summed E-state index contributed by atoms with van der Waals surface area (Å²) in [6, 6.07) is 0. The van der Waals surface area contributed by atoms with E-state index in [1.54, 1.807) is 0 Å². The van der Waals surface area contributed by atoms with Crippen LogP contribution in [0, 0.1) is 16.7 Å². The molecule has 3 atom stereocenters. The Morgan fingerprint density at radius 2 is 2.15 bits per heavy atom. The number of aliphatic hydroxyl groups excluding tert-OH is 1. The molecule has 2 fully saturated rings. The monoisotopic (exact) mass is 384 g/mol. The maximum atomic E-state index is 12.7. The molecule has 0 amide bonds. The highest BCUT2D eigenvalue weighted by molar-refractivity contribution is 7.89. The minimum atomic E-state index is -3.42. The van der Waals surface area contributed by atoms with Crippen molar-refractivity contribution < 1.29 is 18.1 Å². The van der Waals surface area contributed by atoms with Crippen LogP contribution in [0.3, 0.4) is 0 Å². The average Bonchev–Trinajstić information content (AvgIpc) is 3.15. The number of imidazole rings is 1. The number of aryl methyl sites for hydroxylation is 1. The van der Waals surface area contributed by atoms with Gasteiger partial charge in [0.15, 0.2) is 0 Å². The second-order valence-electron chi connectivity index (χ2n) is 8.76. The van der Waals surface area contributed by atoms with Crippen molar-refractivity contribution in [3.05, 3.63) is 18.7 Å². The van der Waals surface area contributed by atoms with Crippen LogP contribution in [-0.4, -0.2) is 36.5 Å². The number of unbranched alkanes of at least 4 members (excludes halogenated alkanes) is 1. The number of sulfonamides is 1. The summed E-state index contributed by atoms with van der Waals surface area (Å²) in [5, 5.41) is 10.5. The average molecular weight is 385 g/mol. The molecule has 3 rings (SSSR count). The number of nitrogens with zero attached hydrogens (tertiary/aromatic N) is 2. The maximum absolute atomic E-state index is 12.7. The van der Waals surface area contributed by atoms with Gasteiger partial charge in [-0.2, -0.15) is 0 Å². The number of nitrogens with one attached hydrogen (secondary N) is 1. The van der Waals surface area contributed by atoms with Crippen molar-refractivity contribution in [1.29, 1.82) is 0 Å². The molecule has 148 valence electrons. The molecular weight excluding hydrogens is 350 g/mol. The first-order chi connectivity index (χ1) is 12.2. The largest absolute Gasteiger partial charge is 0.392 e. The lowest BCUT2D eigenvalue weighted by atomic mass is 9.70. The summed E-state index contributed by atoms with van der Waals surface area (Å²) in [6.45, 7) is 8.41. The van der Waals surface area contributed by atoms with Crippen LogP contribution in [0.1, 0.15) is 52.9 Å². The molecule has 6 nitrogen and oxygen atoms in total. The van der Waals surface area contributed by atoms with Crippen molar-refractivity contribution in [3.8, 4) is 0 Å². The Morgan fingerprint density at radius 1 is 1.38 bits per heavy atom. The number of aliphatic hydroxyl groups is 1. The predicted molar refractivity (Wildman–Crippen MR) is 101 cm³/mol. The van der Waals surface area contributed by atoms with Gasteiger partial charge in [-0.05, 0) is 37.0 Å². The van der Waals surface area contributed by atoms with Crippen LogP contribution in [0.15, 0.2) is 18.7 Å². The molecule has 2 N–H and O–H groups in total. The number of hydrogen-bond acceptors (Lipinski definition) is 3. The van der Waals surface area contributed by atoms with Crippen LogP contribution < -0.4 is 9.29 Å². The Bertz CT molecular complexity index is 728. The van der Waals surface area contributed by atoms with Crippen LogP contribution in [0.2, 0.25) is 0 Å². The highest BCUT2D eigenvalue weighted by Crippen LogP contribution is 2.65. The third-order valence-electron chi connectivity index (χ3n) is 7.04. The van der Waals surface area contributed by atoms with Gasteiger partial charge in [-0.15, -0.1) is 0 Å². The molecule has 0 aliphatic heterocycles. The van der Waals surface area contributed by atoms with E-state index in [0.29, 0.717) is 19.0 Å². The quantitative estimate of drug-likeness (QED) is 0.636. The molecule has 0 aromatic carbocycles.